The van der Waals surface area contributed by atoms with Crippen LogP contribution in [0, 0.1) is 34.5 Å². The molecule has 0 aromatic rings. The van der Waals surface area contributed by atoms with E-state index in [0.29, 0.717) is 50.5 Å². The van der Waals surface area contributed by atoms with Gasteiger partial charge in [-0.3, -0.25) is 14.5 Å². The van der Waals surface area contributed by atoms with Crippen LogP contribution in [0.2, 0.25) is 0 Å². The number of carbonyl (C=O) groups is 3. The number of nitrogens with one attached hydrogen (secondary N) is 1. The molecule has 1 N–H and O–H groups in total. The van der Waals surface area contributed by atoms with Gasteiger partial charge in [-0.1, -0.05) is 19.9 Å². The van der Waals surface area contributed by atoms with Gasteiger partial charge in [-0.05, 0) is 88.0 Å². The zero-order valence-electron chi connectivity index (χ0n) is 22.3. The average molecular weight is 488 g/mol. The molecule has 1 heterocycles. The maximum Gasteiger partial charge on any atom is 0.324 e. The Morgan fingerprint density at radius 3 is 2.63 bits per heavy atom. The van der Waals surface area contributed by atoms with E-state index in [1.807, 2.05) is 25.8 Å². The van der Waals surface area contributed by atoms with E-state index in [-0.39, 0.29) is 40.6 Å². The lowest BCUT2D eigenvalue weighted by atomic mass is 9.47. The molecule has 4 rings (SSSR count). The van der Waals surface area contributed by atoms with E-state index >= 15 is 0 Å². The summed E-state index contributed by atoms with van der Waals surface area (Å²) in [4.78, 5) is 42.5. The number of urea groups is 1. The van der Waals surface area contributed by atoms with Crippen molar-refractivity contribution in [3.05, 3.63) is 12.2 Å². The standard InChI is InChI=1S/C28H45N3O4/c1-6-29-26(34)31(17-8-18-35-7-2)25(33)22-11-10-20-19-9-12-23-28(4,16-14-24(32)30(23)5)21(19)13-15-27(20,22)3/h14,16,19-23H,6-13,15,17-18H2,1-5H3,(H,29,34)/t19-,20-,21+,22?,23?,27-,28+/m0/s1. The molecule has 3 saturated carbocycles. The largest absolute Gasteiger partial charge is 0.382 e. The number of nitrogens with zero attached hydrogens (tertiary/aromatic N) is 2. The van der Waals surface area contributed by atoms with E-state index in [9.17, 15) is 14.4 Å². The molecule has 0 spiro atoms. The summed E-state index contributed by atoms with van der Waals surface area (Å²) >= 11 is 0. The third-order valence-corrected chi connectivity index (χ3v) is 10.1. The van der Waals surface area contributed by atoms with Gasteiger partial charge >= 0.3 is 6.03 Å². The molecule has 0 saturated heterocycles. The molecule has 3 fully saturated rings. The molecule has 4 amide bonds. The van der Waals surface area contributed by atoms with Crippen LogP contribution in [0.15, 0.2) is 12.2 Å². The smallest absolute Gasteiger partial charge is 0.324 e. The van der Waals surface area contributed by atoms with Crippen molar-refractivity contribution in [2.75, 3.05) is 33.4 Å². The molecule has 0 radical (unpaired) electrons. The molecule has 0 bridgehead atoms. The minimum absolute atomic E-state index is 0.00121. The summed E-state index contributed by atoms with van der Waals surface area (Å²) in [6.45, 7) is 10.6. The molecule has 196 valence electrons. The highest BCUT2D eigenvalue weighted by Crippen LogP contribution is 2.65. The van der Waals surface area contributed by atoms with Crippen molar-refractivity contribution in [1.82, 2.24) is 15.1 Å². The predicted molar refractivity (Wildman–Crippen MR) is 135 cm³/mol. The second-order valence-corrected chi connectivity index (χ2v) is 11.7. The molecule has 2 unspecified atom stereocenters. The molecular formula is C28H45N3O4. The molecule has 7 heteroatoms. The Balaban J connectivity index is 1.53. The van der Waals surface area contributed by atoms with Crippen LogP contribution in [-0.2, 0) is 14.3 Å². The predicted octanol–water partition coefficient (Wildman–Crippen LogP) is 4.23. The van der Waals surface area contributed by atoms with Crippen LogP contribution >= 0.6 is 0 Å². The number of carbonyl (C=O) groups excluding carboxylic acids is 3. The van der Waals surface area contributed by atoms with Crippen molar-refractivity contribution >= 4 is 17.8 Å². The Morgan fingerprint density at radius 1 is 1.14 bits per heavy atom. The van der Waals surface area contributed by atoms with E-state index in [2.05, 4.69) is 25.2 Å². The first kappa shape index (κ1) is 26.2. The molecule has 1 aliphatic heterocycles. The summed E-state index contributed by atoms with van der Waals surface area (Å²) < 4.78 is 5.46. The van der Waals surface area contributed by atoms with Gasteiger partial charge in [-0.25, -0.2) is 4.79 Å². The fraction of sp³-hybridized carbons (Fsp3) is 0.821. The highest BCUT2D eigenvalue weighted by molar-refractivity contribution is 5.96. The number of rotatable bonds is 7. The first-order valence-corrected chi connectivity index (χ1v) is 13.8. The van der Waals surface area contributed by atoms with Gasteiger partial charge < -0.3 is 15.0 Å². The summed E-state index contributed by atoms with van der Waals surface area (Å²) in [7, 11) is 1.95. The zero-order chi connectivity index (χ0) is 25.4. The molecule has 0 aromatic carbocycles. The summed E-state index contributed by atoms with van der Waals surface area (Å²) in [5.74, 6) is 1.59. The van der Waals surface area contributed by atoms with Gasteiger partial charge in [0.2, 0.25) is 11.8 Å². The van der Waals surface area contributed by atoms with E-state index in [1.165, 1.54) is 4.90 Å². The van der Waals surface area contributed by atoms with Crippen LogP contribution in [0.3, 0.4) is 0 Å². The van der Waals surface area contributed by atoms with Gasteiger partial charge in [0, 0.05) is 50.7 Å². The Labute approximate surface area is 211 Å². The highest BCUT2D eigenvalue weighted by atomic mass is 16.5. The van der Waals surface area contributed by atoms with Crippen LogP contribution in [-0.4, -0.2) is 67.0 Å². The van der Waals surface area contributed by atoms with E-state index in [4.69, 9.17) is 4.74 Å². The fourth-order valence-electron chi connectivity index (χ4n) is 8.36. The lowest BCUT2D eigenvalue weighted by Crippen LogP contribution is -2.60. The Hall–Kier alpha value is -1.89. The molecule has 0 aromatic heterocycles. The number of ether oxygens (including phenoxy) is 1. The van der Waals surface area contributed by atoms with Crippen LogP contribution < -0.4 is 5.32 Å². The van der Waals surface area contributed by atoms with Crippen LogP contribution in [0.25, 0.3) is 0 Å². The fourth-order valence-corrected chi connectivity index (χ4v) is 8.36. The third kappa shape index (κ3) is 4.42. The second-order valence-electron chi connectivity index (χ2n) is 11.7. The first-order valence-electron chi connectivity index (χ1n) is 13.8. The number of fused-ring (bicyclic) bond motifs is 5. The van der Waals surface area contributed by atoms with Gasteiger partial charge in [0.15, 0.2) is 0 Å². The van der Waals surface area contributed by atoms with Crippen LogP contribution in [0.4, 0.5) is 4.79 Å². The lowest BCUT2D eigenvalue weighted by molar-refractivity contribution is -0.145. The Kier molecular flexibility index (Phi) is 7.65. The Morgan fingerprint density at radius 2 is 1.91 bits per heavy atom. The van der Waals surface area contributed by atoms with Crippen molar-refractivity contribution in [2.45, 2.75) is 78.7 Å². The molecule has 3 aliphatic carbocycles. The number of likely N-dealkylation sites (N-methyl/N-ethyl adjacent to an activating group) is 1. The van der Waals surface area contributed by atoms with Gasteiger partial charge in [-0.2, -0.15) is 0 Å². The number of imide groups is 1. The van der Waals surface area contributed by atoms with Crippen molar-refractivity contribution in [3.8, 4) is 0 Å². The second kappa shape index (κ2) is 10.2. The first-order chi connectivity index (χ1) is 16.7. The van der Waals surface area contributed by atoms with Crippen LogP contribution in [0.5, 0.6) is 0 Å². The van der Waals surface area contributed by atoms with Gasteiger partial charge in [-0.15, -0.1) is 0 Å². The minimum Gasteiger partial charge on any atom is -0.382 e. The monoisotopic (exact) mass is 487 g/mol. The SMILES string of the molecule is CCNC(=O)N(CCCOCC)C(=O)C1CC[C@H]2[C@@H]3CCC4N(C)C(=O)C=C[C@]4(C)[C@@H]3CC[C@]12C. The molecule has 7 nitrogen and oxygen atoms in total. The van der Waals surface area contributed by atoms with Gasteiger partial charge in [0.25, 0.3) is 0 Å². The molecule has 35 heavy (non-hydrogen) atoms. The number of amides is 4. The van der Waals surface area contributed by atoms with Crippen molar-refractivity contribution in [2.24, 2.45) is 34.5 Å². The van der Waals surface area contributed by atoms with Crippen molar-refractivity contribution in [3.63, 3.8) is 0 Å². The Bertz CT molecular complexity index is 859. The minimum atomic E-state index is -0.275. The summed E-state index contributed by atoms with van der Waals surface area (Å²) in [5, 5.41) is 2.85. The number of hydrogen-bond acceptors (Lipinski definition) is 4. The zero-order valence-corrected chi connectivity index (χ0v) is 22.3. The molecule has 7 atom stereocenters. The normalized spacial score (nSPS) is 37.9. The maximum absolute atomic E-state index is 13.9. The highest BCUT2D eigenvalue weighted by Gasteiger charge is 2.62. The third-order valence-electron chi connectivity index (χ3n) is 10.1. The lowest BCUT2D eigenvalue weighted by Gasteiger charge is -2.60. The van der Waals surface area contributed by atoms with Crippen molar-refractivity contribution < 1.29 is 19.1 Å². The van der Waals surface area contributed by atoms with Gasteiger partial charge in [0.1, 0.15) is 0 Å². The molecule has 4 aliphatic rings. The summed E-state index contributed by atoms with van der Waals surface area (Å²) in [6.07, 6.45) is 10.8. The van der Waals surface area contributed by atoms with Crippen molar-refractivity contribution in [1.29, 1.82) is 0 Å². The quantitative estimate of drug-likeness (QED) is 0.545. The topological polar surface area (TPSA) is 79.0 Å². The van der Waals surface area contributed by atoms with E-state index < -0.39 is 0 Å². The van der Waals surface area contributed by atoms with Crippen LogP contribution in [0.1, 0.15) is 72.6 Å². The van der Waals surface area contributed by atoms with E-state index in [0.717, 1.165) is 38.5 Å². The molecular weight excluding hydrogens is 442 g/mol. The number of hydrogen-bond donors (Lipinski definition) is 1. The average Bonchev–Trinajstić information content (AvgIpc) is 3.19. The maximum atomic E-state index is 13.9. The summed E-state index contributed by atoms with van der Waals surface area (Å²) in [6, 6.07) is -0.00851. The van der Waals surface area contributed by atoms with Gasteiger partial charge in [0.05, 0.1) is 0 Å². The van der Waals surface area contributed by atoms with E-state index in [1.54, 1.807) is 6.08 Å². The summed E-state index contributed by atoms with van der Waals surface area (Å²) in [5.41, 5.74) is -0.0759.